The Bertz CT molecular complexity index is 1010. The number of hydrogen-bond acceptors (Lipinski definition) is 8. The SMILES string of the molecule is CCOC(=O)C(=C/c1ccc2c(c1)OCO2)/C(=C\c1ccc2c(c1)OCO2)C(=O)OCC. The molecular weight excluding hydrogens is 416 g/mol. The lowest BCUT2D eigenvalue weighted by molar-refractivity contribution is -0.141. The van der Waals surface area contributed by atoms with Gasteiger partial charge in [-0.25, -0.2) is 9.59 Å². The zero-order valence-electron chi connectivity index (χ0n) is 17.7. The second kappa shape index (κ2) is 9.47. The molecule has 0 aliphatic carbocycles. The molecule has 8 heteroatoms. The molecule has 0 radical (unpaired) electrons. The maximum atomic E-state index is 12.9. The van der Waals surface area contributed by atoms with Gasteiger partial charge in [-0.1, -0.05) is 12.1 Å². The number of carbonyl (C=O) groups excluding carboxylic acids is 2. The van der Waals surface area contributed by atoms with Crippen LogP contribution in [-0.4, -0.2) is 38.7 Å². The van der Waals surface area contributed by atoms with Crippen LogP contribution in [0.5, 0.6) is 23.0 Å². The van der Waals surface area contributed by atoms with Crippen LogP contribution < -0.4 is 18.9 Å². The minimum absolute atomic E-state index is 0.0573. The van der Waals surface area contributed by atoms with Crippen molar-refractivity contribution in [3.05, 3.63) is 58.7 Å². The number of fused-ring (bicyclic) bond motifs is 2. The topological polar surface area (TPSA) is 89.5 Å². The second-order valence-electron chi connectivity index (χ2n) is 6.78. The minimum atomic E-state index is -0.648. The normalized spacial score (nSPS) is 14.3. The van der Waals surface area contributed by atoms with Crippen molar-refractivity contribution < 1.29 is 38.0 Å². The Balaban J connectivity index is 1.79. The Morgan fingerprint density at radius 2 is 1.12 bits per heavy atom. The Hall–Kier alpha value is -3.94. The number of rotatable bonds is 7. The van der Waals surface area contributed by atoms with Crippen LogP contribution in [0.1, 0.15) is 25.0 Å². The highest BCUT2D eigenvalue weighted by Gasteiger charge is 2.25. The van der Waals surface area contributed by atoms with Crippen LogP contribution in [0.3, 0.4) is 0 Å². The first-order chi connectivity index (χ1) is 15.6. The summed E-state index contributed by atoms with van der Waals surface area (Å²) in [5.74, 6) is 1.04. The summed E-state index contributed by atoms with van der Waals surface area (Å²) in [4.78, 5) is 25.7. The first kappa shape index (κ1) is 21.3. The lowest BCUT2D eigenvalue weighted by Gasteiger charge is -2.12. The fourth-order valence-electron chi connectivity index (χ4n) is 3.25. The molecule has 0 N–H and O–H groups in total. The minimum Gasteiger partial charge on any atom is -0.462 e. The van der Waals surface area contributed by atoms with Crippen LogP contribution >= 0.6 is 0 Å². The van der Waals surface area contributed by atoms with E-state index < -0.39 is 11.9 Å². The van der Waals surface area contributed by atoms with E-state index in [1.54, 1.807) is 62.4 Å². The van der Waals surface area contributed by atoms with Gasteiger partial charge in [0.2, 0.25) is 13.6 Å². The molecule has 2 aliphatic rings. The van der Waals surface area contributed by atoms with Gasteiger partial charge in [-0.15, -0.1) is 0 Å². The van der Waals surface area contributed by atoms with E-state index in [0.717, 1.165) is 0 Å². The van der Waals surface area contributed by atoms with Crippen molar-refractivity contribution >= 4 is 24.1 Å². The van der Waals surface area contributed by atoms with Gasteiger partial charge in [-0.3, -0.25) is 0 Å². The molecule has 0 aromatic heterocycles. The summed E-state index contributed by atoms with van der Waals surface area (Å²) >= 11 is 0. The van der Waals surface area contributed by atoms with Gasteiger partial charge in [-0.2, -0.15) is 0 Å². The maximum absolute atomic E-state index is 12.9. The van der Waals surface area contributed by atoms with Crippen molar-refractivity contribution in [3.8, 4) is 23.0 Å². The number of ether oxygens (including phenoxy) is 6. The molecule has 32 heavy (non-hydrogen) atoms. The molecule has 166 valence electrons. The van der Waals surface area contributed by atoms with Gasteiger partial charge in [-0.05, 0) is 61.4 Å². The predicted molar refractivity (Wildman–Crippen MR) is 114 cm³/mol. The highest BCUT2D eigenvalue weighted by molar-refractivity contribution is 6.12. The average molecular weight is 438 g/mol. The molecule has 0 amide bonds. The van der Waals surface area contributed by atoms with Crippen LogP contribution in [0.15, 0.2) is 47.5 Å². The fraction of sp³-hybridized carbons (Fsp3) is 0.250. The summed E-state index contributed by atoms with van der Waals surface area (Å²) in [5, 5.41) is 0. The Kier molecular flexibility index (Phi) is 6.30. The lowest BCUT2D eigenvalue weighted by Crippen LogP contribution is -2.17. The number of esters is 2. The zero-order chi connectivity index (χ0) is 22.5. The molecule has 0 saturated heterocycles. The summed E-state index contributed by atoms with van der Waals surface area (Å²) < 4.78 is 32.0. The van der Waals surface area contributed by atoms with E-state index in [-0.39, 0.29) is 37.9 Å². The molecule has 0 spiro atoms. The van der Waals surface area contributed by atoms with Crippen molar-refractivity contribution in [1.82, 2.24) is 0 Å². The molecule has 0 saturated carbocycles. The van der Waals surface area contributed by atoms with Gasteiger partial charge in [0.15, 0.2) is 23.0 Å². The Morgan fingerprint density at radius 1 is 0.719 bits per heavy atom. The molecular formula is C24H22O8. The number of carbonyl (C=O) groups is 2. The number of benzene rings is 2. The van der Waals surface area contributed by atoms with E-state index in [9.17, 15) is 9.59 Å². The van der Waals surface area contributed by atoms with E-state index in [0.29, 0.717) is 34.1 Å². The van der Waals surface area contributed by atoms with Crippen LogP contribution in [0.25, 0.3) is 12.2 Å². The van der Waals surface area contributed by atoms with Crippen molar-refractivity contribution in [2.75, 3.05) is 26.8 Å². The summed E-state index contributed by atoms with van der Waals surface area (Å²) in [6.45, 7) is 3.95. The monoisotopic (exact) mass is 438 g/mol. The molecule has 8 nitrogen and oxygen atoms in total. The van der Waals surface area contributed by atoms with Gasteiger partial charge >= 0.3 is 11.9 Å². The summed E-state index contributed by atoms with van der Waals surface area (Å²) in [5.41, 5.74) is 1.39. The van der Waals surface area contributed by atoms with Crippen molar-refractivity contribution in [2.24, 2.45) is 0 Å². The Labute approximate surface area is 184 Å². The lowest BCUT2D eigenvalue weighted by atomic mass is 9.99. The third-order valence-corrected chi connectivity index (χ3v) is 4.70. The molecule has 0 unspecified atom stereocenters. The van der Waals surface area contributed by atoms with E-state index in [4.69, 9.17) is 28.4 Å². The zero-order valence-corrected chi connectivity index (χ0v) is 17.7. The predicted octanol–water partition coefficient (Wildman–Crippen LogP) is 3.74. The maximum Gasteiger partial charge on any atom is 0.339 e. The van der Waals surface area contributed by atoms with Gasteiger partial charge in [0.1, 0.15) is 0 Å². The quantitative estimate of drug-likeness (QED) is 0.367. The molecule has 0 bridgehead atoms. The van der Waals surface area contributed by atoms with E-state index in [1.807, 2.05) is 0 Å². The van der Waals surface area contributed by atoms with Gasteiger partial charge in [0.25, 0.3) is 0 Å². The van der Waals surface area contributed by atoms with E-state index in [2.05, 4.69) is 0 Å². The van der Waals surface area contributed by atoms with Crippen LogP contribution in [0.2, 0.25) is 0 Å². The first-order valence-corrected chi connectivity index (χ1v) is 10.2. The molecule has 2 heterocycles. The van der Waals surface area contributed by atoms with Gasteiger partial charge in [0.05, 0.1) is 24.4 Å². The largest absolute Gasteiger partial charge is 0.462 e. The molecule has 2 aromatic carbocycles. The molecule has 2 aliphatic heterocycles. The van der Waals surface area contributed by atoms with Crippen molar-refractivity contribution in [2.45, 2.75) is 13.8 Å². The summed E-state index contributed by atoms with van der Waals surface area (Å²) in [6.07, 6.45) is 3.13. The van der Waals surface area contributed by atoms with Crippen LogP contribution in [-0.2, 0) is 19.1 Å². The first-order valence-electron chi connectivity index (χ1n) is 10.2. The molecule has 0 atom stereocenters. The van der Waals surface area contributed by atoms with E-state index in [1.165, 1.54) is 0 Å². The fourth-order valence-corrected chi connectivity index (χ4v) is 3.25. The summed E-state index contributed by atoms with van der Waals surface area (Å²) in [7, 11) is 0. The number of hydrogen-bond donors (Lipinski definition) is 0. The van der Waals surface area contributed by atoms with E-state index >= 15 is 0 Å². The van der Waals surface area contributed by atoms with Crippen molar-refractivity contribution in [3.63, 3.8) is 0 Å². The van der Waals surface area contributed by atoms with Gasteiger partial charge < -0.3 is 28.4 Å². The van der Waals surface area contributed by atoms with Crippen LogP contribution in [0.4, 0.5) is 0 Å². The highest BCUT2D eigenvalue weighted by Crippen LogP contribution is 2.35. The third-order valence-electron chi connectivity index (χ3n) is 4.70. The standard InChI is InChI=1S/C24H22O8/c1-3-27-23(25)17(9-15-5-7-19-21(11-15)31-13-29-19)18(24(26)28-4-2)10-16-6-8-20-22(12-16)32-14-30-20/h5-12H,3-4,13-14H2,1-2H3/b17-9+,18-10+. The molecule has 2 aromatic rings. The highest BCUT2D eigenvalue weighted by atomic mass is 16.7. The average Bonchev–Trinajstić information content (AvgIpc) is 3.44. The summed E-state index contributed by atoms with van der Waals surface area (Å²) in [6, 6.07) is 10.5. The van der Waals surface area contributed by atoms with Crippen LogP contribution in [0, 0.1) is 0 Å². The third kappa shape index (κ3) is 4.54. The second-order valence-corrected chi connectivity index (χ2v) is 6.78. The van der Waals surface area contributed by atoms with Crippen molar-refractivity contribution in [1.29, 1.82) is 0 Å². The molecule has 4 rings (SSSR count). The Morgan fingerprint density at radius 3 is 1.53 bits per heavy atom. The molecule has 0 fully saturated rings. The smallest absolute Gasteiger partial charge is 0.339 e. The van der Waals surface area contributed by atoms with Gasteiger partial charge in [0, 0.05) is 0 Å².